The highest BCUT2D eigenvalue weighted by atomic mass is 32.2. The van der Waals surface area contributed by atoms with Gasteiger partial charge in [0, 0.05) is 21.0 Å². The molecule has 0 radical (unpaired) electrons. The van der Waals surface area contributed by atoms with Gasteiger partial charge < -0.3 is 4.90 Å². The first kappa shape index (κ1) is 15.9. The average molecular weight is 313 g/mol. The Morgan fingerprint density at radius 3 is 2.65 bits per heavy atom. The number of nitrogens with one attached hydrogen (secondary N) is 1. The van der Waals surface area contributed by atoms with E-state index >= 15 is 0 Å². The van der Waals surface area contributed by atoms with Gasteiger partial charge in [-0.15, -0.1) is 11.3 Å². The van der Waals surface area contributed by atoms with Crippen molar-refractivity contribution in [3.8, 4) is 0 Å². The number of amides is 1. The van der Waals surface area contributed by atoms with E-state index in [9.17, 15) is 4.79 Å². The highest BCUT2D eigenvalue weighted by molar-refractivity contribution is 7.99. The molecular weight excluding hydrogens is 288 g/mol. The van der Waals surface area contributed by atoms with E-state index in [1.54, 1.807) is 11.3 Å². The molecule has 2 unspecified atom stereocenters. The molecule has 0 spiro atoms. The predicted octanol–water partition coefficient (Wildman–Crippen LogP) is 3.41. The van der Waals surface area contributed by atoms with Gasteiger partial charge in [0.15, 0.2) is 0 Å². The average Bonchev–Trinajstić information content (AvgIpc) is 2.95. The molecule has 20 heavy (non-hydrogen) atoms. The van der Waals surface area contributed by atoms with Crippen molar-refractivity contribution in [1.29, 1.82) is 0 Å². The van der Waals surface area contributed by atoms with Crippen molar-refractivity contribution in [2.24, 2.45) is 0 Å². The molecule has 3 nitrogen and oxygen atoms in total. The number of hydrogen-bond donors (Lipinski definition) is 1. The maximum absolute atomic E-state index is 12.6. The van der Waals surface area contributed by atoms with E-state index in [1.165, 1.54) is 9.75 Å². The molecule has 1 aliphatic rings. The highest BCUT2D eigenvalue weighted by Crippen LogP contribution is 2.34. The third-order valence-corrected chi connectivity index (χ3v) is 6.08. The summed E-state index contributed by atoms with van der Waals surface area (Å²) in [5.41, 5.74) is 0. The number of carbonyl (C=O) groups excluding carboxylic acids is 1. The second kappa shape index (κ2) is 6.08. The van der Waals surface area contributed by atoms with E-state index in [1.807, 2.05) is 16.7 Å². The Bertz CT molecular complexity index is 484. The van der Waals surface area contributed by atoms with E-state index in [0.29, 0.717) is 0 Å². The van der Waals surface area contributed by atoms with Gasteiger partial charge in [0.05, 0.1) is 6.04 Å². The Kier molecular flexibility index (Phi) is 4.82. The lowest BCUT2D eigenvalue weighted by Gasteiger charge is -2.32. The topological polar surface area (TPSA) is 32.3 Å². The summed E-state index contributed by atoms with van der Waals surface area (Å²) in [6.07, 6.45) is 2.99. The Morgan fingerprint density at radius 2 is 2.15 bits per heavy atom. The molecule has 0 aromatic carbocycles. The third kappa shape index (κ3) is 3.21. The van der Waals surface area contributed by atoms with Crippen molar-refractivity contribution in [2.45, 2.75) is 51.1 Å². The first-order valence-corrected chi connectivity index (χ1v) is 9.10. The summed E-state index contributed by atoms with van der Waals surface area (Å²) in [6.45, 7) is 9.34. The minimum Gasteiger partial charge on any atom is -0.319 e. The molecule has 2 heterocycles. The molecule has 1 saturated heterocycles. The van der Waals surface area contributed by atoms with Gasteiger partial charge in [-0.05, 0) is 45.6 Å². The molecule has 1 aromatic heterocycles. The minimum absolute atomic E-state index is 0.0394. The van der Waals surface area contributed by atoms with Gasteiger partial charge in [0.25, 0.3) is 0 Å². The van der Waals surface area contributed by atoms with Crippen LogP contribution in [-0.2, 0) is 4.79 Å². The molecule has 1 aromatic rings. The monoisotopic (exact) mass is 312 g/mol. The first-order chi connectivity index (χ1) is 9.38. The van der Waals surface area contributed by atoms with E-state index in [4.69, 9.17) is 0 Å². The summed E-state index contributed by atoms with van der Waals surface area (Å²) in [6, 6.07) is 4.23. The van der Waals surface area contributed by atoms with Gasteiger partial charge in [0.1, 0.15) is 6.17 Å². The zero-order chi connectivity index (χ0) is 14.9. The lowest BCUT2D eigenvalue weighted by atomic mass is 10.1. The fourth-order valence-corrected chi connectivity index (χ4v) is 3.67. The first-order valence-electron chi connectivity index (χ1n) is 7.06. The summed E-state index contributed by atoms with van der Waals surface area (Å²) in [5.74, 6) is 0.241. The lowest BCUT2D eigenvalue weighted by molar-refractivity contribution is -0.130. The standard InChI is InChI=1S/C15H24N2OS2/c1-6-11-14(18)17(9-15(3,4)19-5)13(16-11)12-8-7-10(2)20-12/h7-8,11,13,16H,6,9H2,1-5H3. The van der Waals surface area contributed by atoms with Gasteiger partial charge in [0.2, 0.25) is 5.91 Å². The highest BCUT2D eigenvalue weighted by Gasteiger charge is 2.41. The smallest absolute Gasteiger partial charge is 0.241 e. The van der Waals surface area contributed by atoms with E-state index in [2.05, 4.69) is 51.4 Å². The van der Waals surface area contributed by atoms with Gasteiger partial charge >= 0.3 is 0 Å². The van der Waals surface area contributed by atoms with Gasteiger partial charge in [-0.25, -0.2) is 0 Å². The van der Waals surface area contributed by atoms with Crippen molar-refractivity contribution in [2.75, 3.05) is 12.8 Å². The van der Waals surface area contributed by atoms with Crippen LogP contribution in [0, 0.1) is 6.92 Å². The summed E-state index contributed by atoms with van der Waals surface area (Å²) in [7, 11) is 0. The van der Waals surface area contributed by atoms with Crippen LogP contribution in [0.3, 0.4) is 0 Å². The molecule has 1 fully saturated rings. The van der Waals surface area contributed by atoms with Crippen molar-refractivity contribution >= 4 is 29.0 Å². The fourth-order valence-electron chi connectivity index (χ4n) is 2.45. The molecule has 0 saturated carbocycles. The molecule has 1 N–H and O–H groups in total. The third-order valence-electron chi connectivity index (χ3n) is 3.79. The number of nitrogens with zero attached hydrogens (tertiary/aromatic N) is 1. The predicted molar refractivity (Wildman–Crippen MR) is 88.3 cm³/mol. The van der Waals surface area contributed by atoms with Crippen molar-refractivity contribution < 1.29 is 4.79 Å². The molecule has 112 valence electrons. The van der Waals surface area contributed by atoms with Crippen molar-refractivity contribution in [3.63, 3.8) is 0 Å². The number of thiophene rings is 1. The number of thioether (sulfide) groups is 1. The fraction of sp³-hybridized carbons (Fsp3) is 0.667. The second-order valence-corrected chi connectivity index (χ2v) is 8.74. The maximum Gasteiger partial charge on any atom is 0.241 e. The molecule has 2 atom stereocenters. The Hall–Kier alpha value is -0.520. The van der Waals surface area contributed by atoms with Gasteiger partial charge in [-0.3, -0.25) is 10.1 Å². The zero-order valence-electron chi connectivity index (χ0n) is 12.9. The SMILES string of the molecule is CCC1NC(c2ccc(C)s2)N(CC(C)(C)SC)C1=O. The van der Waals surface area contributed by atoms with Crippen LogP contribution in [0.5, 0.6) is 0 Å². The molecule has 1 aliphatic heterocycles. The largest absolute Gasteiger partial charge is 0.319 e. The van der Waals surface area contributed by atoms with Gasteiger partial charge in [-0.2, -0.15) is 11.8 Å². The van der Waals surface area contributed by atoms with Gasteiger partial charge in [-0.1, -0.05) is 6.92 Å². The van der Waals surface area contributed by atoms with Crippen LogP contribution in [0.4, 0.5) is 0 Å². The van der Waals surface area contributed by atoms with Crippen molar-refractivity contribution in [1.82, 2.24) is 10.2 Å². The zero-order valence-corrected chi connectivity index (χ0v) is 14.5. The van der Waals surface area contributed by atoms with Crippen molar-refractivity contribution in [3.05, 3.63) is 21.9 Å². The maximum atomic E-state index is 12.6. The quantitative estimate of drug-likeness (QED) is 0.904. The molecule has 1 amide bonds. The summed E-state index contributed by atoms with van der Waals surface area (Å²) < 4.78 is 0.0739. The van der Waals surface area contributed by atoms with Crippen LogP contribution in [-0.4, -0.2) is 34.4 Å². The Labute approximate surface area is 130 Å². The second-order valence-electron chi connectivity index (χ2n) is 5.91. The minimum atomic E-state index is -0.0416. The van der Waals surface area contributed by atoms with Crippen LogP contribution in [0.1, 0.15) is 43.1 Å². The molecular formula is C15H24N2OS2. The normalized spacial score (nSPS) is 23.6. The summed E-state index contributed by atoms with van der Waals surface area (Å²) in [4.78, 5) is 17.1. The summed E-state index contributed by atoms with van der Waals surface area (Å²) in [5, 5.41) is 3.49. The molecule has 0 aliphatic carbocycles. The Morgan fingerprint density at radius 1 is 1.45 bits per heavy atom. The number of carbonyl (C=O) groups is 1. The number of aryl methyl sites for hydroxylation is 1. The van der Waals surface area contributed by atoms with Crippen LogP contribution < -0.4 is 5.32 Å². The number of hydrogen-bond acceptors (Lipinski definition) is 4. The molecule has 5 heteroatoms. The lowest BCUT2D eigenvalue weighted by Crippen LogP contribution is -2.40. The van der Waals surface area contributed by atoms with E-state index < -0.39 is 0 Å². The number of rotatable bonds is 5. The Balaban J connectivity index is 2.26. The van der Waals surface area contributed by atoms with E-state index in [-0.39, 0.29) is 22.9 Å². The van der Waals surface area contributed by atoms with Crippen LogP contribution in [0.25, 0.3) is 0 Å². The van der Waals surface area contributed by atoms with Crippen LogP contribution in [0.15, 0.2) is 12.1 Å². The molecule has 2 rings (SSSR count). The van der Waals surface area contributed by atoms with Crippen LogP contribution >= 0.6 is 23.1 Å². The summed E-state index contributed by atoms with van der Waals surface area (Å²) >= 11 is 3.58. The van der Waals surface area contributed by atoms with E-state index in [0.717, 1.165) is 13.0 Å². The molecule has 0 bridgehead atoms. The van der Waals surface area contributed by atoms with Crippen LogP contribution in [0.2, 0.25) is 0 Å².